The molecule has 3 heteroatoms. The molecule has 0 spiro atoms. The van der Waals surface area contributed by atoms with Gasteiger partial charge in [0.25, 0.3) is 0 Å². The van der Waals surface area contributed by atoms with Crippen LogP contribution in [0.25, 0.3) is 0 Å². The molecular weight excluding hydrogens is 238 g/mol. The van der Waals surface area contributed by atoms with Crippen LogP contribution < -0.4 is 0 Å². The van der Waals surface area contributed by atoms with Gasteiger partial charge in [-0.25, -0.2) is 0 Å². The fourth-order valence-corrected chi connectivity index (χ4v) is 3.92. The molecule has 0 atom stereocenters. The monoisotopic (exact) mass is 270 g/mol. The first-order chi connectivity index (χ1) is 8.15. The molecule has 0 amide bonds. The van der Waals surface area contributed by atoms with Gasteiger partial charge < -0.3 is 4.74 Å². The molecule has 1 radical (unpaired) electrons. The number of piperidine rings is 1. The SMILES string of the molecule is CN1C(C)(C)CC(OCCC[Si](C)C)CC1(C)C. The first-order valence-corrected chi connectivity index (χ1v) is 10.0. The van der Waals surface area contributed by atoms with E-state index in [1.807, 2.05) is 0 Å². The molecule has 0 aromatic carbocycles. The lowest BCUT2D eigenvalue weighted by atomic mass is 9.79. The normalized spacial score (nSPS) is 24.7. The lowest BCUT2D eigenvalue weighted by molar-refractivity contribution is -0.0911. The maximum Gasteiger partial charge on any atom is 0.0610 e. The third-order valence-electron chi connectivity index (χ3n) is 4.45. The van der Waals surface area contributed by atoms with Crippen LogP contribution in [0.2, 0.25) is 19.1 Å². The Morgan fingerprint density at radius 1 is 1.11 bits per heavy atom. The van der Waals surface area contributed by atoms with Gasteiger partial charge >= 0.3 is 0 Å². The van der Waals surface area contributed by atoms with Crippen molar-refractivity contribution in [1.82, 2.24) is 4.90 Å². The predicted molar refractivity (Wildman–Crippen MR) is 81.8 cm³/mol. The Kier molecular flexibility index (Phi) is 5.45. The first-order valence-electron chi connectivity index (χ1n) is 7.30. The molecule has 1 fully saturated rings. The number of hydrogen-bond acceptors (Lipinski definition) is 2. The second-order valence-corrected chi connectivity index (χ2v) is 10.3. The van der Waals surface area contributed by atoms with E-state index < -0.39 is 0 Å². The van der Waals surface area contributed by atoms with E-state index in [0.29, 0.717) is 6.10 Å². The molecule has 0 aromatic rings. The highest BCUT2D eigenvalue weighted by Gasteiger charge is 2.43. The molecule has 0 unspecified atom stereocenters. The van der Waals surface area contributed by atoms with Gasteiger partial charge in [0, 0.05) is 26.5 Å². The van der Waals surface area contributed by atoms with Crippen LogP contribution in [0.4, 0.5) is 0 Å². The van der Waals surface area contributed by atoms with Gasteiger partial charge in [-0.15, -0.1) is 0 Å². The van der Waals surface area contributed by atoms with E-state index in [4.69, 9.17) is 4.74 Å². The summed E-state index contributed by atoms with van der Waals surface area (Å²) in [6, 6.07) is 1.38. The predicted octanol–water partition coefficient (Wildman–Crippen LogP) is 3.80. The number of hydrogen-bond donors (Lipinski definition) is 0. The highest BCUT2D eigenvalue weighted by molar-refractivity contribution is 6.55. The molecule has 107 valence electrons. The summed E-state index contributed by atoms with van der Waals surface area (Å²) in [5.74, 6) is 0. The van der Waals surface area contributed by atoms with E-state index in [2.05, 4.69) is 52.7 Å². The van der Waals surface area contributed by atoms with Gasteiger partial charge in [0.05, 0.1) is 6.10 Å². The first kappa shape index (κ1) is 16.2. The summed E-state index contributed by atoms with van der Waals surface area (Å²) < 4.78 is 6.14. The van der Waals surface area contributed by atoms with Crippen LogP contribution in [0, 0.1) is 0 Å². The summed E-state index contributed by atoms with van der Waals surface area (Å²) >= 11 is 0. The minimum atomic E-state index is -0.0792. The smallest absolute Gasteiger partial charge is 0.0610 e. The highest BCUT2D eigenvalue weighted by atomic mass is 28.3. The number of likely N-dealkylation sites (tertiary alicyclic amines) is 1. The number of ether oxygens (including phenoxy) is 1. The van der Waals surface area contributed by atoms with E-state index in [9.17, 15) is 0 Å². The van der Waals surface area contributed by atoms with Gasteiger partial charge in [-0.1, -0.05) is 19.1 Å². The van der Waals surface area contributed by atoms with Crippen molar-refractivity contribution in [3.05, 3.63) is 0 Å². The van der Waals surface area contributed by atoms with Gasteiger partial charge in [0.1, 0.15) is 0 Å². The molecule has 0 bridgehead atoms. The van der Waals surface area contributed by atoms with Crippen LogP contribution in [0.1, 0.15) is 47.0 Å². The van der Waals surface area contributed by atoms with Gasteiger partial charge in [-0.3, -0.25) is 4.90 Å². The third kappa shape index (κ3) is 4.36. The number of nitrogens with zero attached hydrogens (tertiary/aromatic N) is 1. The minimum absolute atomic E-state index is 0.0792. The Hall–Kier alpha value is 0.137. The zero-order chi connectivity index (χ0) is 14.0. The fraction of sp³-hybridized carbons (Fsp3) is 1.00. The van der Waals surface area contributed by atoms with E-state index in [0.717, 1.165) is 19.4 Å². The third-order valence-corrected chi connectivity index (χ3v) is 5.80. The van der Waals surface area contributed by atoms with Crippen molar-refractivity contribution < 1.29 is 4.74 Å². The lowest BCUT2D eigenvalue weighted by Gasteiger charge is -2.53. The summed E-state index contributed by atoms with van der Waals surface area (Å²) in [5, 5.41) is 0. The fourth-order valence-electron chi connectivity index (χ4n) is 3.07. The summed E-state index contributed by atoms with van der Waals surface area (Å²) in [5.41, 5.74) is 0.494. The standard InChI is InChI=1S/C15H32NOSi/c1-14(2)11-13(12-15(3,4)16(14)5)17-9-8-10-18(6)7/h13H,8-12H2,1-7H3. The Morgan fingerprint density at radius 2 is 1.61 bits per heavy atom. The Labute approximate surface area is 116 Å². The maximum absolute atomic E-state index is 6.14. The van der Waals surface area contributed by atoms with Crippen LogP contribution >= 0.6 is 0 Å². The molecule has 2 nitrogen and oxygen atoms in total. The van der Waals surface area contributed by atoms with Gasteiger partial charge in [-0.2, -0.15) is 0 Å². The van der Waals surface area contributed by atoms with Crippen LogP contribution in [0.3, 0.4) is 0 Å². The van der Waals surface area contributed by atoms with Crippen LogP contribution in [-0.2, 0) is 4.74 Å². The van der Waals surface area contributed by atoms with Crippen molar-refractivity contribution in [2.24, 2.45) is 0 Å². The highest BCUT2D eigenvalue weighted by Crippen LogP contribution is 2.38. The molecule has 0 aromatic heterocycles. The zero-order valence-electron chi connectivity index (χ0n) is 13.5. The molecule has 1 aliphatic rings. The van der Waals surface area contributed by atoms with Gasteiger partial charge in [0.2, 0.25) is 0 Å². The molecule has 0 saturated carbocycles. The van der Waals surface area contributed by atoms with Crippen molar-refractivity contribution in [3.8, 4) is 0 Å². The molecule has 1 rings (SSSR count). The molecule has 1 saturated heterocycles. The van der Waals surface area contributed by atoms with Crippen LogP contribution in [0.15, 0.2) is 0 Å². The van der Waals surface area contributed by atoms with Gasteiger partial charge in [-0.05, 0) is 54.0 Å². The maximum atomic E-state index is 6.14. The zero-order valence-corrected chi connectivity index (χ0v) is 14.5. The van der Waals surface area contributed by atoms with E-state index >= 15 is 0 Å². The topological polar surface area (TPSA) is 12.5 Å². The quantitative estimate of drug-likeness (QED) is 0.556. The Morgan fingerprint density at radius 3 is 2.06 bits per heavy atom. The summed E-state index contributed by atoms with van der Waals surface area (Å²) in [6.45, 7) is 15.1. The summed E-state index contributed by atoms with van der Waals surface area (Å²) in [7, 11) is 2.17. The summed E-state index contributed by atoms with van der Waals surface area (Å²) in [6.07, 6.45) is 4.00. The number of rotatable bonds is 5. The van der Waals surface area contributed by atoms with E-state index in [-0.39, 0.29) is 19.9 Å². The van der Waals surface area contributed by atoms with E-state index in [1.165, 1.54) is 12.5 Å². The van der Waals surface area contributed by atoms with Crippen molar-refractivity contribution >= 4 is 8.80 Å². The molecule has 18 heavy (non-hydrogen) atoms. The van der Waals surface area contributed by atoms with Crippen LogP contribution in [-0.4, -0.2) is 44.5 Å². The second-order valence-electron chi connectivity index (χ2n) is 7.40. The Bertz CT molecular complexity index is 245. The van der Waals surface area contributed by atoms with Crippen LogP contribution in [0.5, 0.6) is 0 Å². The van der Waals surface area contributed by atoms with Gasteiger partial charge in [0.15, 0.2) is 0 Å². The van der Waals surface area contributed by atoms with Crippen molar-refractivity contribution in [2.45, 2.75) is 83.3 Å². The van der Waals surface area contributed by atoms with Crippen molar-refractivity contribution in [2.75, 3.05) is 13.7 Å². The minimum Gasteiger partial charge on any atom is -0.378 e. The molecule has 0 aliphatic carbocycles. The molecule has 1 heterocycles. The van der Waals surface area contributed by atoms with Crippen molar-refractivity contribution in [3.63, 3.8) is 0 Å². The Balaban J connectivity index is 2.44. The van der Waals surface area contributed by atoms with Crippen molar-refractivity contribution in [1.29, 1.82) is 0 Å². The molecule has 1 aliphatic heterocycles. The average Bonchev–Trinajstić information content (AvgIpc) is 2.20. The molecule has 0 N–H and O–H groups in total. The lowest BCUT2D eigenvalue weighted by Crippen LogP contribution is -2.60. The molecular formula is C15H32NOSi. The van der Waals surface area contributed by atoms with E-state index in [1.54, 1.807) is 0 Å². The largest absolute Gasteiger partial charge is 0.378 e. The second kappa shape index (κ2) is 6.06. The summed E-state index contributed by atoms with van der Waals surface area (Å²) in [4.78, 5) is 2.51. The average molecular weight is 271 g/mol.